The number of hydrogen-bond acceptors (Lipinski definition) is 4. The van der Waals surface area contributed by atoms with E-state index >= 15 is 0 Å². The molecule has 0 aliphatic carbocycles. The van der Waals surface area contributed by atoms with E-state index in [1.54, 1.807) is 12.1 Å². The Labute approximate surface area is 131 Å². The van der Waals surface area contributed by atoms with Crippen LogP contribution in [0.2, 0.25) is 0 Å². The summed E-state index contributed by atoms with van der Waals surface area (Å²) < 4.78 is 28.1. The van der Waals surface area contributed by atoms with E-state index in [-0.39, 0.29) is 4.90 Å². The molecule has 2 aromatic rings. The van der Waals surface area contributed by atoms with Gasteiger partial charge in [-0.25, -0.2) is 13.6 Å². The average molecular weight is 320 g/mol. The predicted molar refractivity (Wildman–Crippen MR) is 87.4 cm³/mol. The van der Waals surface area contributed by atoms with Crippen molar-refractivity contribution in [3.63, 3.8) is 0 Å². The molecule has 0 saturated heterocycles. The van der Waals surface area contributed by atoms with Gasteiger partial charge in [0, 0.05) is 17.8 Å². The second kappa shape index (κ2) is 7.29. The van der Waals surface area contributed by atoms with Crippen molar-refractivity contribution in [3.8, 4) is 5.75 Å². The first kappa shape index (κ1) is 16.3. The first-order valence-corrected chi connectivity index (χ1v) is 8.63. The number of nitrogens with two attached hydrogens (primary N) is 1. The van der Waals surface area contributed by atoms with Gasteiger partial charge in [0.25, 0.3) is 0 Å². The first-order valence-electron chi connectivity index (χ1n) is 7.08. The van der Waals surface area contributed by atoms with Crippen LogP contribution < -0.4 is 15.2 Å². The highest BCUT2D eigenvalue weighted by molar-refractivity contribution is 7.89. The monoisotopic (exact) mass is 320 g/mol. The number of ether oxygens (including phenoxy) is 1. The van der Waals surface area contributed by atoms with Gasteiger partial charge in [-0.15, -0.1) is 0 Å². The summed E-state index contributed by atoms with van der Waals surface area (Å²) in [6, 6.07) is 14.2. The van der Waals surface area contributed by atoms with Crippen LogP contribution in [0, 0.1) is 0 Å². The molecule has 2 aromatic carbocycles. The second-order valence-electron chi connectivity index (χ2n) is 4.88. The topological polar surface area (TPSA) is 81.4 Å². The molecule has 0 saturated carbocycles. The summed E-state index contributed by atoms with van der Waals surface area (Å²) in [5.41, 5.74) is 1.86. The maximum Gasteiger partial charge on any atom is 0.238 e. The number of primary sulfonamides is 1. The fourth-order valence-electron chi connectivity index (χ4n) is 1.96. The molecule has 2 rings (SSSR count). The lowest BCUT2D eigenvalue weighted by molar-refractivity contribution is 0.314. The summed E-state index contributed by atoms with van der Waals surface area (Å²) in [6.07, 6.45) is 0.955. The molecule has 0 bridgehead atoms. The Hall–Kier alpha value is -2.05. The summed E-state index contributed by atoms with van der Waals surface area (Å²) in [7, 11) is -3.65. The van der Waals surface area contributed by atoms with Crippen LogP contribution in [-0.2, 0) is 16.6 Å². The van der Waals surface area contributed by atoms with Crippen LogP contribution in [0.15, 0.2) is 53.4 Å². The molecule has 0 unspecified atom stereocenters. The minimum atomic E-state index is -3.65. The SMILES string of the molecule is CCCOc1ccccc1CNc1ccc(S(N)(=O)=O)cc1. The molecule has 0 spiro atoms. The quantitative estimate of drug-likeness (QED) is 0.822. The van der Waals surface area contributed by atoms with E-state index in [1.165, 1.54) is 12.1 Å². The van der Waals surface area contributed by atoms with Crippen LogP contribution in [0.5, 0.6) is 5.75 Å². The van der Waals surface area contributed by atoms with Crippen LogP contribution >= 0.6 is 0 Å². The van der Waals surface area contributed by atoms with Gasteiger partial charge < -0.3 is 10.1 Å². The van der Waals surface area contributed by atoms with Crippen molar-refractivity contribution in [2.45, 2.75) is 24.8 Å². The lowest BCUT2D eigenvalue weighted by atomic mass is 10.2. The van der Waals surface area contributed by atoms with Gasteiger partial charge >= 0.3 is 0 Å². The molecule has 0 fully saturated rings. The molecule has 118 valence electrons. The van der Waals surface area contributed by atoms with E-state index in [0.717, 1.165) is 23.4 Å². The number of benzene rings is 2. The van der Waals surface area contributed by atoms with Crippen LogP contribution in [0.4, 0.5) is 5.69 Å². The number of nitrogens with one attached hydrogen (secondary N) is 1. The van der Waals surface area contributed by atoms with E-state index in [9.17, 15) is 8.42 Å². The van der Waals surface area contributed by atoms with Crippen LogP contribution in [0.1, 0.15) is 18.9 Å². The third kappa shape index (κ3) is 4.47. The summed E-state index contributed by atoms with van der Waals surface area (Å²) >= 11 is 0. The molecular formula is C16H20N2O3S. The van der Waals surface area contributed by atoms with Crippen LogP contribution in [0.3, 0.4) is 0 Å². The Morgan fingerprint density at radius 2 is 1.77 bits per heavy atom. The van der Waals surface area contributed by atoms with Crippen molar-refractivity contribution in [1.82, 2.24) is 0 Å². The zero-order chi connectivity index (χ0) is 16.0. The summed E-state index contributed by atoms with van der Waals surface area (Å²) in [5, 5.41) is 8.31. The molecule has 22 heavy (non-hydrogen) atoms. The van der Waals surface area contributed by atoms with Crippen LogP contribution in [-0.4, -0.2) is 15.0 Å². The second-order valence-corrected chi connectivity index (χ2v) is 6.44. The summed E-state index contributed by atoms with van der Waals surface area (Å²) in [5.74, 6) is 0.859. The minimum absolute atomic E-state index is 0.102. The molecule has 0 aromatic heterocycles. The third-order valence-corrected chi connectivity index (χ3v) is 4.03. The van der Waals surface area contributed by atoms with Gasteiger partial charge in [0.1, 0.15) is 5.75 Å². The fourth-order valence-corrected chi connectivity index (χ4v) is 2.48. The van der Waals surface area contributed by atoms with Gasteiger partial charge in [-0.3, -0.25) is 0 Å². The minimum Gasteiger partial charge on any atom is -0.493 e. The number of sulfonamides is 1. The van der Waals surface area contributed by atoms with Crippen LogP contribution in [0.25, 0.3) is 0 Å². The number of anilines is 1. The first-order chi connectivity index (χ1) is 10.5. The van der Waals surface area contributed by atoms with Crippen molar-refractivity contribution in [2.75, 3.05) is 11.9 Å². The van der Waals surface area contributed by atoms with E-state index in [4.69, 9.17) is 9.88 Å². The molecule has 0 aliphatic rings. The summed E-state index contributed by atoms with van der Waals surface area (Å²) in [4.78, 5) is 0.102. The molecule has 5 nitrogen and oxygen atoms in total. The average Bonchev–Trinajstić information content (AvgIpc) is 2.51. The lowest BCUT2D eigenvalue weighted by Crippen LogP contribution is -2.12. The fraction of sp³-hybridized carbons (Fsp3) is 0.250. The molecule has 0 heterocycles. The third-order valence-electron chi connectivity index (χ3n) is 3.10. The lowest BCUT2D eigenvalue weighted by Gasteiger charge is -2.12. The maximum absolute atomic E-state index is 11.2. The van der Waals surface area contributed by atoms with Gasteiger partial charge in [-0.05, 0) is 36.8 Å². The van der Waals surface area contributed by atoms with Crippen molar-refractivity contribution in [1.29, 1.82) is 0 Å². The highest BCUT2D eigenvalue weighted by Gasteiger charge is 2.07. The zero-order valence-electron chi connectivity index (χ0n) is 12.5. The molecule has 0 radical (unpaired) electrons. The van der Waals surface area contributed by atoms with Gasteiger partial charge in [-0.1, -0.05) is 25.1 Å². The Morgan fingerprint density at radius 1 is 1.09 bits per heavy atom. The Kier molecular flexibility index (Phi) is 5.41. The Morgan fingerprint density at radius 3 is 2.41 bits per heavy atom. The number of para-hydroxylation sites is 1. The maximum atomic E-state index is 11.2. The molecule has 0 amide bonds. The predicted octanol–water partition coefficient (Wildman–Crippen LogP) is 2.73. The van der Waals surface area contributed by atoms with Crippen molar-refractivity contribution in [3.05, 3.63) is 54.1 Å². The van der Waals surface area contributed by atoms with Gasteiger partial charge in [-0.2, -0.15) is 0 Å². The van der Waals surface area contributed by atoms with Crippen molar-refractivity contribution < 1.29 is 13.2 Å². The molecule has 0 aliphatic heterocycles. The van der Waals surface area contributed by atoms with Gasteiger partial charge in [0.05, 0.1) is 11.5 Å². The van der Waals surface area contributed by atoms with Crippen molar-refractivity contribution in [2.24, 2.45) is 5.14 Å². The molecule has 0 atom stereocenters. The number of rotatable bonds is 7. The highest BCUT2D eigenvalue weighted by atomic mass is 32.2. The summed E-state index contributed by atoms with van der Waals surface area (Å²) in [6.45, 7) is 3.34. The molecule has 3 N–H and O–H groups in total. The Bertz CT molecular complexity index is 712. The van der Waals surface area contributed by atoms with Gasteiger partial charge in [0.2, 0.25) is 10.0 Å². The molecule has 6 heteroatoms. The van der Waals surface area contributed by atoms with E-state index in [1.807, 2.05) is 24.3 Å². The number of hydrogen-bond donors (Lipinski definition) is 2. The standard InChI is InChI=1S/C16H20N2O3S/c1-2-11-21-16-6-4-3-5-13(16)12-18-14-7-9-15(10-8-14)22(17,19)20/h3-10,18H,2,11-12H2,1H3,(H2,17,19,20). The van der Waals surface area contributed by atoms with Crippen molar-refractivity contribution >= 4 is 15.7 Å². The zero-order valence-corrected chi connectivity index (χ0v) is 13.3. The largest absolute Gasteiger partial charge is 0.493 e. The molecular weight excluding hydrogens is 300 g/mol. The smallest absolute Gasteiger partial charge is 0.238 e. The van der Waals surface area contributed by atoms with Gasteiger partial charge in [0.15, 0.2) is 0 Å². The van der Waals surface area contributed by atoms with E-state index < -0.39 is 10.0 Å². The van der Waals surface area contributed by atoms with E-state index in [2.05, 4.69) is 12.2 Å². The highest BCUT2D eigenvalue weighted by Crippen LogP contribution is 2.20. The normalized spacial score (nSPS) is 11.2. The van der Waals surface area contributed by atoms with E-state index in [0.29, 0.717) is 13.2 Å². The Balaban J connectivity index is 2.04.